The zero-order chi connectivity index (χ0) is 17.6. The van der Waals surface area contributed by atoms with Crippen molar-refractivity contribution in [3.63, 3.8) is 0 Å². The molecule has 0 atom stereocenters. The normalized spacial score (nSPS) is 10.4. The standard InChI is InChI=1S/C19H17N3O3/c23-14-8-6-13(7-9-14)10-12-21-18(24)19(25)22-17-5-1-4-16-15(17)3-2-11-20-16/h1-9,11,23H,10,12H2,(H,21,24)(H,22,25). The molecule has 6 nitrogen and oxygen atoms in total. The number of hydrogen-bond donors (Lipinski definition) is 3. The topological polar surface area (TPSA) is 91.3 Å². The highest BCUT2D eigenvalue weighted by molar-refractivity contribution is 6.40. The van der Waals surface area contributed by atoms with E-state index in [0.717, 1.165) is 16.5 Å². The van der Waals surface area contributed by atoms with Gasteiger partial charge in [0.05, 0.1) is 11.2 Å². The van der Waals surface area contributed by atoms with Gasteiger partial charge in [0.25, 0.3) is 0 Å². The molecule has 0 saturated heterocycles. The van der Waals surface area contributed by atoms with Gasteiger partial charge in [-0.25, -0.2) is 0 Å². The predicted molar refractivity (Wildman–Crippen MR) is 95.2 cm³/mol. The summed E-state index contributed by atoms with van der Waals surface area (Å²) in [5.41, 5.74) is 2.25. The fraction of sp³-hybridized carbons (Fsp3) is 0.105. The van der Waals surface area contributed by atoms with Crippen LogP contribution in [0.2, 0.25) is 0 Å². The first kappa shape index (κ1) is 16.4. The molecule has 0 saturated carbocycles. The Balaban J connectivity index is 1.57. The fourth-order valence-corrected chi connectivity index (χ4v) is 2.45. The highest BCUT2D eigenvalue weighted by Crippen LogP contribution is 2.21. The smallest absolute Gasteiger partial charge is 0.313 e. The highest BCUT2D eigenvalue weighted by atomic mass is 16.3. The Kier molecular flexibility index (Phi) is 4.89. The van der Waals surface area contributed by atoms with Gasteiger partial charge in [0.15, 0.2) is 0 Å². The Labute approximate surface area is 144 Å². The number of amides is 2. The molecule has 1 aromatic heterocycles. The number of hydrogen-bond acceptors (Lipinski definition) is 4. The molecule has 0 aliphatic heterocycles. The summed E-state index contributed by atoms with van der Waals surface area (Å²) in [4.78, 5) is 28.2. The number of benzene rings is 2. The number of pyridine rings is 1. The summed E-state index contributed by atoms with van der Waals surface area (Å²) in [5.74, 6) is -1.22. The van der Waals surface area contributed by atoms with Crippen LogP contribution in [0, 0.1) is 0 Å². The minimum atomic E-state index is -0.720. The number of rotatable bonds is 4. The van der Waals surface area contributed by atoms with Crippen LogP contribution in [0.25, 0.3) is 10.9 Å². The summed E-state index contributed by atoms with van der Waals surface area (Å²) in [5, 5.41) is 15.2. The summed E-state index contributed by atoms with van der Waals surface area (Å²) in [6.07, 6.45) is 2.24. The fourth-order valence-electron chi connectivity index (χ4n) is 2.45. The molecule has 0 aliphatic carbocycles. The second kappa shape index (κ2) is 7.44. The van der Waals surface area contributed by atoms with E-state index in [2.05, 4.69) is 15.6 Å². The van der Waals surface area contributed by atoms with Crippen LogP contribution in [0.4, 0.5) is 5.69 Å². The van der Waals surface area contributed by atoms with E-state index in [9.17, 15) is 14.7 Å². The minimum absolute atomic E-state index is 0.191. The van der Waals surface area contributed by atoms with E-state index in [0.29, 0.717) is 18.7 Å². The van der Waals surface area contributed by atoms with Gasteiger partial charge in [0.1, 0.15) is 5.75 Å². The van der Waals surface area contributed by atoms with Gasteiger partial charge in [0, 0.05) is 18.1 Å². The van der Waals surface area contributed by atoms with E-state index >= 15 is 0 Å². The van der Waals surface area contributed by atoms with E-state index in [1.54, 1.807) is 48.7 Å². The lowest BCUT2D eigenvalue weighted by Gasteiger charge is -2.09. The minimum Gasteiger partial charge on any atom is -0.508 e. The molecule has 1 heterocycles. The van der Waals surface area contributed by atoms with Crippen LogP contribution in [-0.2, 0) is 16.0 Å². The average Bonchev–Trinajstić information content (AvgIpc) is 2.63. The van der Waals surface area contributed by atoms with Crippen molar-refractivity contribution >= 4 is 28.4 Å². The number of carbonyl (C=O) groups is 2. The zero-order valence-corrected chi connectivity index (χ0v) is 13.4. The van der Waals surface area contributed by atoms with Crippen molar-refractivity contribution in [1.29, 1.82) is 0 Å². The maximum absolute atomic E-state index is 12.1. The molecule has 2 aromatic carbocycles. The number of phenols is 1. The Morgan fingerprint density at radius 1 is 0.960 bits per heavy atom. The number of aromatic nitrogens is 1. The van der Waals surface area contributed by atoms with E-state index in [1.807, 2.05) is 12.1 Å². The average molecular weight is 335 g/mol. The lowest BCUT2D eigenvalue weighted by Crippen LogP contribution is -2.36. The quantitative estimate of drug-likeness (QED) is 0.638. The maximum atomic E-state index is 12.1. The number of carbonyl (C=O) groups excluding carboxylic acids is 2. The molecule has 0 fully saturated rings. The number of nitrogens with zero attached hydrogens (tertiary/aromatic N) is 1. The molecule has 3 aromatic rings. The molecule has 0 bridgehead atoms. The van der Waals surface area contributed by atoms with Gasteiger partial charge in [-0.15, -0.1) is 0 Å². The van der Waals surface area contributed by atoms with Gasteiger partial charge in [-0.2, -0.15) is 0 Å². The van der Waals surface area contributed by atoms with Crippen molar-refractivity contribution in [3.05, 3.63) is 66.4 Å². The molecule has 0 aliphatic rings. The van der Waals surface area contributed by atoms with Gasteiger partial charge < -0.3 is 15.7 Å². The maximum Gasteiger partial charge on any atom is 0.313 e. The molecule has 0 spiro atoms. The van der Waals surface area contributed by atoms with Crippen molar-refractivity contribution < 1.29 is 14.7 Å². The Morgan fingerprint density at radius 2 is 1.76 bits per heavy atom. The summed E-state index contributed by atoms with van der Waals surface area (Å²) in [7, 11) is 0. The predicted octanol–water partition coefficient (Wildman–Crippen LogP) is 2.24. The number of anilines is 1. The van der Waals surface area contributed by atoms with E-state index in [4.69, 9.17) is 0 Å². The summed E-state index contributed by atoms with van der Waals surface area (Å²) < 4.78 is 0. The second-order valence-electron chi connectivity index (χ2n) is 5.50. The van der Waals surface area contributed by atoms with Crippen LogP contribution < -0.4 is 10.6 Å². The van der Waals surface area contributed by atoms with E-state index in [-0.39, 0.29) is 5.75 Å². The van der Waals surface area contributed by atoms with Crippen molar-refractivity contribution in [2.75, 3.05) is 11.9 Å². The van der Waals surface area contributed by atoms with Crippen LogP contribution in [0.5, 0.6) is 5.75 Å². The molecule has 2 amide bonds. The molecule has 25 heavy (non-hydrogen) atoms. The third-order valence-corrected chi connectivity index (χ3v) is 3.74. The molecule has 3 rings (SSSR count). The first-order valence-electron chi connectivity index (χ1n) is 7.84. The monoisotopic (exact) mass is 335 g/mol. The highest BCUT2D eigenvalue weighted by Gasteiger charge is 2.14. The van der Waals surface area contributed by atoms with Crippen LogP contribution >= 0.6 is 0 Å². The summed E-state index contributed by atoms with van der Waals surface area (Å²) in [6.45, 7) is 0.328. The SMILES string of the molecule is O=C(NCCc1ccc(O)cc1)C(=O)Nc1cccc2ncccc12. The van der Waals surface area contributed by atoms with Crippen molar-refractivity contribution in [3.8, 4) is 5.75 Å². The van der Waals surface area contributed by atoms with Crippen molar-refractivity contribution in [2.24, 2.45) is 0 Å². The summed E-state index contributed by atoms with van der Waals surface area (Å²) >= 11 is 0. The molecule has 6 heteroatoms. The number of phenolic OH excluding ortho intramolecular Hbond substituents is 1. The van der Waals surface area contributed by atoms with Gasteiger partial charge in [0.2, 0.25) is 0 Å². The number of fused-ring (bicyclic) bond motifs is 1. The zero-order valence-electron chi connectivity index (χ0n) is 13.4. The van der Waals surface area contributed by atoms with Gasteiger partial charge in [-0.05, 0) is 48.4 Å². The molecule has 126 valence electrons. The molecule has 0 unspecified atom stereocenters. The number of nitrogens with one attached hydrogen (secondary N) is 2. The van der Waals surface area contributed by atoms with Crippen LogP contribution in [0.3, 0.4) is 0 Å². The Morgan fingerprint density at radius 3 is 2.56 bits per heavy atom. The van der Waals surface area contributed by atoms with E-state index < -0.39 is 11.8 Å². The first-order chi connectivity index (χ1) is 12.1. The van der Waals surface area contributed by atoms with Crippen molar-refractivity contribution in [2.45, 2.75) is 6.42 Å². The third kappa shape index (κ3) is 4.11. The van der Waals surface area contributed by atoms with Gasteiger partial charge in [-0.3, -0.25) is 14.6 Å². The third-order valence-electron chi connectivity index (χ3n) is 3.74. The lowest BCUT2D eigenvalue weighted by molar-refractivity contribution is -0.136. The molecule has 0 radical (unpaired) electrons. The van der Waals surface area contributed by atoms with Crippen LogP contribution in [-0.4, -0.2) is 28.4 Å². The van der Waals surface area contributed by atoms with E-state index in [1.165, 1.54) is 0 Å². The summed E-state index contributed by atoms with van der Waals surface area (Å²) in [6, 6.07) is 15.6. The molecular weight excluding hydrogens is 318 g/mol. The second-order valence-corrected chi connectivity index (χ2v) is 5.50. The largest absolute Gasteiger partial charge is 0.508 e. The Hall–Kier alpha value is -3.41. The molecular formula is C19H17N3O3. The lowest BCUT2D eigenvalue weighted by atomic mass is 10.1. The number of aromatic hydroxyl groups is 1. The van der Waals surface area contributed by atoms with Crippen LogP contribution in [0.1, 0.15) is 5.56 Å². The van der Waals surface area contributed by atoms with Crippen molar-refractivity contribution in [1.82, 2.24) is 10.3 Å². The van der Waals surface area contributed by atoms with Gasteiger partial charge >= 0.3 is 11.8 Å². The molecule has 3 N–H and O–H groups in total. The first-order valence-corrected chi connectivity index (χ1v) is 7.84. The Bertz CT molecular complexity index is 902. The van der Waals surface area contributed by atoms with Crippen LogP contribution in [0.15, 0.2) is 60.8 Å². The van der Waals surface area contributed by atoms with Gasteiger partial charge in [-0.1, -0.05) is 18.2 Å².